The van der Waals surface area contributed by atoms with Gasteiger partial charge in [0.05, 0.1) is 0 Å². The predicted octanol–water partition coefficient (Wildman–Crippen LogP) is 2.89. The van der Waals surface area contributed by atoms with E-state index in [2.05, 4.69) is 37.9 Å². The second-order valence-electron chi connectivity index (χ2n) is 7.60. The Bertz CT molecular complexity index is 258. The summed E-state index contributed by atoms with van der Waals surface area (Å²) in [5, 5.41) is 3.74. The summed E-state index contributed by atoms with van der Waals surface area (Å²) in [5.41, 5.74) is 0.997. The Labute approximate surface area is 107 Å². The first kappa shape index (κ1) is 13.4. The topological polar surface area (TPSA) is 15.3 Å². The van der Waals surface area contributed by atoms with E-state index in [0.717, 1.165) is 0 Å². The molecule has 0 aromatic carbocycles. The molecule has 1 atom stereocenters. The summed E-state index contributed by atoms with van der Waals surface area (Å²) in [7, 11) is 0. The lowest BCUT2D eigenvalue weighted by Crippen LogP contribution is -2.55. The van der Waals surface area contributed by atoms with Crippen LogP contribution in [0.4, 0.5) is 0 Å². The zero-order valence-electron chi connectivity index (χ0n) is 12.2. The fourth-order valence-corrected chi connectivity index (χ4v) is 3.54. The summed E-state index contributed by atoms with van der Waals surface area (Å²) < 4.78 is 0. The summed E-state index contributed by atoms with van der Waals surface area (Å²) in [4.78, 5) is 2.69. The van der Waals surface area contributed by atoms with Gasteiger partial charge in [0.1, 0.15) is 0 Å². The molecule has 0 aromatic heterocycles. The lowest BCUT2D eigenvalue weighted by Gasteiger charge is -2.45. The van der Waals surface area contributed by atoms with Gasteiger partial charge in [0.15, 0.2) is 0 Å². The maximum absolute atomic E-state index is 3.74. The van der Waals surface area contributed by atoms with Crippen LogP contribution in [-0.2, 0) is 0 Å². The number of nitrogens with one attached hydrogen (secondary N) is 1. The van der Waals surface area contributed by atoms with Crippen molar-refractivity contribution < 1.29 is 0 Å². The van der Waals surface area contributed by atoms with Crippen LogP contribution in [0.1, 0.15) is 53.4 Å². The maximum atomic E-state index is 3.74. The smallest absolute Gasteiger partial charge is 0.0246 e. The van der Waals surface area contributed by atoms with Gasteiger partial charge >= 0.3 is 0 Å². The van der Waals surface area contributed by atoms with Gasteiger partial charge in [-0.1, -0.05) is 27.7 Å². The number of nitrogens with zero attached hydrogens (tertiary/aromatic N) is 1. The molecule has 1 unspecified atom stereocenters. The number of hydrogen-bond donors (Lipinski definition) is 1. The van der Waals surface area contributed by atoms with Crippen molar-refractivity contribution in [2.45, 2.75) is 59.4 Å². The number of rotatable bonds is 2. The maximum Gasteiger partial charge on any atom is 0.0246 e. The second kappa shape index (κ2) is 4.89. The minimum Gasteiger partial charge on any atom is -0.312 e. The summed E-state index contributed by atoms with van der Waals surface area (Å²) in [6.45, 7) is 14.7. The normalized spacial score (nSPS) is 33.5. The van der Waals surface area contributed by atoms with Crippen molar-refractivity contribution in [2.75, 3.05) is 26.2 Å². The molecule has 2 fully saturated rings. The number of piperidine rings is 2. The lowest BCUT2D eigenvalue weighted by molar-refractivity contribution is 0.0713. The minimum atomic E-state index is 0.472. The SMILES string of the molecule is CC1(C)CCCN(CC2NCCCC2(C)C)C1. The highest BCUT2D eigenvalue weighted by molar-refractivity contribution is 4.92. The van der Waals surface area contributed by atoms with E-state index in [1.54, 1.807) is 0 Å². The first-order valence-corrected chi connectivity index (χ1v) is 7.35. The highest BCUT2D eigenvalue weighted by atomic mass is 15.2. The molecule has 2 rings (SSSR count). The first-order chi connectivity index (χ1) is 7.89. The van der Waals surface area contributed by atoms with Gasteiger partial charge in [-0.05, 0) is 49.6 Å². The van der Waals surface area contributed by atoms with Crippen LogP contribution in [0.3, 0.4) is 0 Å². The molecule has 0 amide bonds. The molecule has 2 aliphatic heterocycles. The van der Waals surface area contributed by atoms with Crippen molar-refractivity contribution in [3.63, 3.8) is 0 Å². The molecule has 2 aliphatic rings. The van der Waals surface area contributed by atoms with Gasteiger partial charge in [-0.2, -0.15) is 0 Å². The van der Waals surface area contributed by atoms with Crippen LogP contribution in [0.2, 0.25) is 0 Å². The molecule has 2 heterocycles. The van der Waals surface area contributed by atoms with E-state index in [-0.39, 0.29) is 0 Å². The third kappa shape index (κ3) is 3.45. The monoisotopic (exact) mass is 238 g/mol. The van der Waals surface area contributed by atoms with E-state index in [4.69, 9.17) is 0 Å². The minimum absolute atomic E-state index is 0.472. The molecular weight excluding hydrogens is 208 g/mol. The van der Waals surface area contributed by atoms with Gasteiger partial charge < -0.3 is 10.2 Å². The zero-order chi connectivity index (χ0) is 12.5. The molecular formula is C15H30N2. The Morgan fingerprint density at radius 2 is 1.88 bits per heavy atom. The fourth-order valence-electron chi connectivity index (χ4n) is 3.54. The van der Waals surface area contributed by atoms with E-state index in [9.17, 15) is 0 Å². The molecule has 0 bridgehead atoms. The third-order valence-corrected chi connectivity index (χ3v) is 4.75. The predicted molar refractivity (Wildman–Crippen MR) is 74.3 cm³/mol. The molecule has 0 aromatic rings. The molecule has 2 nitrogen and oxygen atoms in total. The van der Waals surface area contributed by atoms with Crippen molar-refractivity contribution in [1.82, 2.24) is 10.2 Å². The Kier molecular flexibility index (Phi) is 3.84. The Balaban J connectivity index is 1.91. The number of hydrogen-bond acceptors (Lipinski definition) is 2. The number of likely N-dealkylation sites (tertiary alicyclic amines) is 1. The summed E-state index contributed by atoms with van der Waals surface area (Å²) in [5.74, 6) is 0. The van der Waals surface area contributed by atoms with Crippen LogP contribution < -0.4 is 5.32 Å². The molecule has 2 saturated heterocycles. The van der Waals surface area contributed by atoms with Crippen molar-refractivity contribution >= 4 is 0 Å². The molecule has 17 heavy (non-hydrogen) atoms. The van der Waals surface area contributed by atoms with Gasteiger partial charge in [0.2, 0.25) is 0 Å². The van der Waals surface area contributed by atoms with Crippen LogP contribution in [0.25, 0.3) is 0 Å². The average molecular weight is 238 g/mol. The molecule has 2 heteroatoms. The standard InChI is InChI=1S/C15H30N2/c1-14(2)7-6-10-17(12-14)11-13-15(3,4)8-5-9-16-13/h13,16H,5-12H2,1-4H3. The highest BCUT2D eigenvalue weighted by Crippen LogP contribution is 2.33. The van der Waals surface area contributed by atoms with Crippen LogP contribution in [0, 0.1) is 10.8 Å². The molecule has 0 saturated carbocycles. The molecule has 100 valence electrons. The Hall–Kier alpha value is -0.0800. The zero-order valence-corrected chi connectivity index (χ0v) is 12.2. The average Bonchev–Trinajstić information content (AvgIpc) is 2.20. The lowest BCUT2D eigenvalue weighted by atomic mass is 9.76. The molecule has 0 spiro atoms. The Morgan fingerprint density at radius 1 is 1.12 bits per heavy atom. The van der Waals surface area contributed by atoms with Crippen molar-refractivity contribution in [2.24, 2.45) is 10.8 Å². The van der Waals surface area contributed by atoms with E-state index in [1.165, 1.54) is 51.9 Å². The molecule has 1 N–H and O–H groups in total. The van der Waals surface area contributed by atoms with Crippen LogP contribution in [-0.4, -0.2) is 37.1 Å². The summed E-state index contributed by atoms with van der Waals surface area (Å²) >= 11 is 0. The summed E-state index contributed by atoms with van der Waals surface area (Å²) in [6, 6.07) is 0.685. The molecule has 0 aliphatic carbocycles. The van der Waals surface area contributed by atoms with Crippen LogP contribution in [0.15, 0.2) is 0 Å². The van der Waals surface area contributed by atoms with Gasteiger partial charge in [-0.25, -0.2) is 0 Å². The second-order valence-corrected chi connectivity index (χ2v) is 7.60. The summed E-state index contributed by atoms with van der Waals surface area (Å²) in [6.07, 6.45) is 5.49. The quantitative estimate of drug-likeness (QED) is 0.796. The van der Waals surface area contributed by atoms with Crippen LogP contribution >= 0.6 is 0 Å². The van der Waals surface area contributed by atoms with Gasteiger partial charge in [0.25, 0.3) is 0 Å². The fraction of sp³-hybridized carbons (Fsp3) is 1.00. The van der Waals surface area contributed by atoms with Gasteiger partial charge in [0, 0.05) is 19.1 Å². The van der Waals surface area contributed by atoms with Gasteiger partial charge in [-0.3, -0.25) is 0 Å². The van der Waals surface area contributed by atoms with E-state index < -0.39 is 0 Å². The third-order valence-electron chi connectivity index (χ3n) is 4.75. The van der Waals surface area contributed by atoms with E-state index in [0.29, 0.717) is 16.9 Å². The van der Waals surface area contributed by atoms with Crippen molar-refractivity contribution in [3.8, 4) is 0 Å². The van der Waals surface area contributed by atoms with Crippen LogP contribution in [0.5, 0.6) is 0 Å². The van der Waals surface area contributed by atoms with E-state index in [1.807, 2.05) is 0 Å². The molecule has 0 radical (unpaired) electrons. The van der Waals surface area contributed by atoms with Gasteiger partial charge in [-0.15, -0.1) is 0 Å². The first-order valence-electron chi connectivity index (χ1n) is 7.35. The highest BCUT2D eigenvalue weighted by Gasteiger charge is 2.35. The Morgan fingerprint density at radius 3 is 2.53 bits per heavy atom. The van der Waals surface area contributed by atoms with E-state index >= 15 is 0 Å². The van der Waals surface area contributed by atoms with Crippen molar-refractivity contribution in [3.05, 3.63) is 0 Å². The largest absolute Gasteiger partial charge is 0.312 e. The van der Waals surface area contributed by atoms with Crippen molar-refractivity contribution in [1.29, 1.82) is 0 Å².